The van der Waals surface area contributed by atoms with Gasteiger partial charge in [0.2, 0.25) is 5.95 Å². The fraction of sp³-hybridized carbons (Fsp3) is 0.417. The van der Waals surface area contributed by atoms with Crippen molar-refractivity contribution in [2.75, 3.05) is 11.4 Å². The lowest BCUT2D eigenvalue weighted by molar-refractivity contribution is 0.682. The van der Waals surface area contributed by atoms with Crippen LogP contribution in [0.2, 0.25) is 0 Å². The normalized spacial score (nSPS) is 19.4. The molecule has 1 aliphatic heterocycles. The van der Waals surface area contributed by atoms with Crippen molar-refractivity contribution in [1.29, 1.82) is 0 Å². The van der Waals surface area contributed by atoms with Gasteiger partial charge in [-0.3, -0.25) is 0 Å². The molecule has 0 N–H and O–H groups in total. The number of hydrogen-bond acceptors (Lipinski definition) is 5. The van der Waals surface area contributed by atoms with Gasteiger partial charge in [-0.2, -0.15) is 0 Å². The van der Waals surface area contributed by atoms with E-state index in [1.54, 1.807) is 23.7 Å². The number of halogens is 1. The molecule has 0 amide bonds. The highest BCUT2D eigenvalue weighted by molar-refractivity contribution is 9.10. The highest BCUT2D eigenvalue weighted by Gasteiger charge is 2.29. The first kappa shape index (κ1) is 12.0. The monoisotopic (exact) mass is 324 g/mol. The van der Waals surface area contributed by atoms with E-state index < -0.39 is 0 Å². The minimum Gasteiger partial charge on any atom is -0.332 e. The summed E-state index contributed by atoms with van der Waals surface area (Å²) < 4.78 is 0.909. The predicted octanol–water partition coefficient (Wildman–Crippen LogP) is 3.35. The van der Waals surface area contributed by atoms with Crippen LogP contribution in [0.3, 0.4) is 0 Å². The van der Waals surface area contributed by atoms with E-state index in [1.807, 2.05) is 6.92 Å². The van der Waals surface area contributed by atoms with Gasteiger partial charge in [-0.1, -0.05) is 0 Å². The van der Waals surface area contributed by atoms with E-state index in [1.165, 1.54) is 6.42 Å². The second-order valence-corrected chi connectivity index (χ2v) is 6.32. The zero-order chi connectivity index (χ0) is 12.5. The third-order valence-electron chi connectivity index (χ3n) is 3.09. The van der Waals surface area contributed by atoms with Gasteiger partial charge in [-0.25, -0.2) is 15.0 Å². The molecule has 2 aromatic rings. The van der Waals surface area contributed by atoms with Gasteiger partial charge in [0.15, 0.2) is 0 Å². The molecule has 1 saturated heterocycles. The minimum absolute atomic E-state index is 0.330. The number of thiazole rings is 1. The van der Waals surface area contributed by atoms with E-state index in [-0.39, 0.29) is 0 Å². The highest BCUT2D eigenvalue weighted by Crippen LogP contribution is 2.34. The second kappa shape index (κ2) is 4.93. The van der Waals surface area contributed by atoms with Gasteiger partial charge in [0.25, 0.3) is 0 Å². The Hall–Kier alpha value is -1.01. The lowest BCUT2D eigenvalue weighted by Crippen LogP contribution is -2.24. The van der Waals surface area contributed by atoms with E-state index >= 15 is 0 Å². The topological polar surface area (TPSA) is 41.9 Å². The zero-order valence-electron chi connectivity index (χ0n) is 10.0. The summed E-state index contributed by atoms with van der Waals surface area (Å²) in [7, 11) is 0. The molecule has 1 atom stereocenters. The van der Waals surface area contributed by atoms with Gasteiger partial charge in [-0.05, 0) is 35.7 Å². The summed E-state index contributed by atoms with van der Waals surface area (Å²) in [5, 5.41) is 3.27. The second-order valence-electron chi connectivity index (χ2n) is 4.34. The van der Waals surface area contributed by atoms with Crippen LogP contribution in [-0.2, 0) is 0 Å². The maximum atomic E-state index is 4.60. The number of hydrogen-bond donors (Lipinski definition) is 0. The summed E-state index contributed by atoms with van der Waals surface area (Å²) in [6.07, 6.45) is 5.89. The molecule has 2 aromatic heterocycles. The Morgan fingerprint density at radius 1 is 1.39 bits per heavy atom. The summed E-state index contributed by atoms with van der Waals surface area (Å²) >= 11 is 5.07. The molecule has 0 saturated carbocycles. The van der Waals surface area contributed by atoms with Crippen LogP contribution in [0.15, 0.2) is 22.2 Å². The molecule has 0 spiro atoms. The van der Waals surface area contributed by atoms with Crippen molar-refractivity contribution in [3.8, 4) is 0 Å². The van der Waals surface area contributed by atoms with Gasteiger partial charge in [0.1, 0.15) is 0 Å². The number of aromatic nitrogens is 3. The van der Waals surface area contributed by atoms with Crippen molar-refractivity contribution in [2.24, 2.45) is 0 Å². The van der Waals surface area contributed by atoms with Crippen LogP contribution < -0.4 is 4.90 Å². The van der Waals surface area contributed by atoms with Crippen molar-refractivity contribution in [2.45, 2.75) is 25.8 Å². The molecule has 6 heteroatoms. The third-order valence-corrected chi connectivity index (χ3v) is 4.30. The fourth-order valence-corrected chi connectivity index (χ4v) is 3.16. The maximum absolute atomic E-state index is 4.60. The lowest BCUT2D eigenvalue weighted by Gasteiger charge is -2.23. The molecule has 3 rings (SSSR count). The van der Waals surface area contributed by atoms with Crippen LogP contribution in [0.5, 0.6) is 0 Å². The van der Waals surface area contributed by atoms with Crippen molar-refractivity contribution in [3.05, 3.63) is 32.9 Å². The van der Waals surface area contributed by atoms with Crippen molar-refractivity contribution in [1.82, 2.24) is 15.0 Å². The van der Waals surface area contributed by atoms with Crippen LogP contribution in [0, 0.1) is 6.92 Å². The summed E-state index contributed by atoms with van der Waals surface area (Å²) in [6.45, 7) is 3.05. The molecule has 0 radical (unpaired) electrons. The lowest BCUT2D eigenvalue weighted by atomic mass is 10.2. The number of rotatable bonds is 2. The number of anilines is 1. The minimum atomic E-state index is 0.330. The first-order valence-electron chi connectivity index (χ1n) is 5.90. The summed E-state index contributed by atoms with van der Waals surface area (Å²) in [4.78, 5) is 15.6. The Morgan fingerprint density at radius 3 is 2.83 bits per heavy atom. The summed E-state index contributed by atoms with van der Waals surface area (Å²) in [5.74, 6) is 0.798. The number of nitrogens with zero attached hydrogens (tertiary/aromatic N) is 4. The molecule has 94 valence electrons. The molecule has 0 aliphatic carbocycles. The van der Waals surface area contributed by atoms with Crippen molar-refractivity contribution in [3.63, 3.8) is 0 Å². The largest absolute Gasteiger partial charge is 0.332 e. The standard InChI is InChI=1S/C12H13BrN4S/c1-8-16-10(7-18-8)11-3-2-4-17(11)12-14-5-9(13)6-15-12/h5-7,11H,2-4H2,1H3/t11-/m1/s1. The maximum Gasteiger partial charge on any atom is 0.225 e. The molecule has 18 heavy (non-hydrogen) atoms. The first-order valence-corrected chi connectivity index (χ1v) is 7.57. The average molecular weight is 325 g/mol. The smallest absolute Gasteiger partial charge is 0.225 e. The van der Waals surface area contributed by atoms with Gasteiger partial charge in [-0.15, -0.1) is 11.3 Å². The molecule has 3 heterocycles. The Labute approximate surface area is 118 Å². The highest BCUT2D eigenvalue weighted by atomic mass is 79.9. The van der Waals surface area contributed by atoms with E-state index in [0.29, 0.717) is 6.04 Å². The van der Waals surface area contributed by atoms with E-state index in [0.717, 1.165) is 34.1 Å². The molecule has 1 aliphatic rings. The van der Waals surface area contributed by atoms with Crippen LogP contribution >= 0.6 is 27.3 Å². The molecule has 0 bridgehead atoms. The van der Waals surface area contributed by atoms with Gasteiger partial charge < -0.3 is 4.90 Å². The molecule has 4 nitrogen and oxygen atoms in total. The number of aryl methyl sites for hydroxylation is 1. The van der Waals surface area contributed by atoms with Gasteiger partial charge >= 0.3 is 0 Å². The molecule has 0 aromatic carbocycles. The van der Waals surface area contributed by atoms with E-state index in [4.69, 9.17) is 0 Å². The van der Waals surface area contributed by atoms with E-state index in [2.05, 4.69) is 41.2 Å². The SMILES string of the molecule is Cc1nc([C@H]2CCCN2c2ncc(Br)cn2)cs1. The van der Waals surface area contributed by atoms with Crippen molar-refractivity contribution < 1.29 is 0 Å². The summed E-state index contributed by atoms with van der Waals surface area (Å²) in [6, 6.07) is 0.330. The van der Waals surface area contributed by atoms with Crippen LogP contribution in [0.4, 0.5) is 5.95 Å². The molecule has 0 unspecified atom stereocenters. The van der Waals surface area contributed by atoms with Crippen LogP contribution in [-0.4, -0.2) is 21.5 Å². The Bertz CT molecular complexity index is 539. The predicted molar refractivity (Wildman–Crippen MR) is 75.9 cm³/mol. The Balaban J connectivity index is 1.89. The van der Waals surface area contributed by atoms with Crippen LogP contribution in [0.25, 0.3) is 0 Å². The van der Waals surface area contributed by atoms with Crippen LogP contribution in [0.1, 0.15) is 29.6 Å². The summed E-state index contributed by atoms with van der Waals surface area (Å²) in [5.41, 5.74) is 1.15. The first-order chi connectivity index (χ1) is 8.74. The van der Waals surface area contributed by atoms with Crippen molar-refractivity contribution >= 4 is 33.2 Å². The van der Waals surface area contributed by atoms with Gasteiger partial charge in [0, 0.05) is 24.3 Å². The van der Waals surface area contributed by atoms with Gasteiger partial charge in [0.05, 0.1) is 21.2 Å². The quantitative estimate of drug-likeness (QED) is 0.849. The Morgan fingerprint density at radius 2 is 2.17 bits per heavy atom. The molecular weight excluding hydrogens is 312 g/mol. The molecule has 1 fully saturated rings. The average Bonchev–Trinajstić information content (AvgIpc) is 2.98. The Kier molecular flexibility index (Phi) is 3.30. The third kappa shape index (κ3) is 2.27. The van der Waals surface area contributed by atoms with E-state index in [9.17, 15) is 0 Å². The molecular formula is C12H13BrN4S. The fourth-order valence-electron chi connectivity index (χ4n) is 2.30. The zero-order valence-corrected chi connectivity index (χ0v) is 12.4.